The summed E-state index contributed by atoms with van der Waals surface area (Å²) in [5.74, 6) is 1.97. The van der Waals surface area contributed by atoms with Gasteiger partial charge in [-0.05, 0) is 45.0 Å². The Bertz CT molecular complexity index is 921. The third-order valence-corrected chi connectivity index (χ3v) is 4.20. The molecule has 1 N–H and O–H groups in total. The third-order valence-electron chi connectivity index (χ3n) is 4.20. The average molecular weight is 388 g/mol. The van der Waals surface area contributed by atoms with Crippen LogP contribution in [0.3, 0.4) is 0 Å². The first-order valence-electron chi connectivity index (χ1n) is 8.50. The van der Waals surface area contributed by atoms with Crippen LogP contribution in [0.15, 0.2) is 36.4 Å². The number of hydrogen-bond donors (Lipinski definition) is 1. The molecule has 0 aliphatic carbocycles. The molecule has 0 saturated heterocycles. The van der Waals surface area contributed by atoms with Crippen LogP contribution in [0.25, 0.3) is 0 Å². The molecule has 0 fully saturated rings. The summed E-state index contributed by atoms with van der Waals surface area (Å²) < 4.78 is 16.3. The minimum Gasteiger partial charge on any atom is -0.465 e. The highest BCUT2D eigenvalue weighted by molar-refractivity contribution is 5.66. The van der Waals surface area contributed by atoms with E-state index in [4.69, 9.17) is 14.2 Å². The molecule has 148 valence electrons. The summed E-state index contributed by atoms with van der Waals surface area (Å²) in [5, 5.41) is 20.9. The van der Waals surface area contributed by atoms with Crippen LogP contribution in [-0.2, 0) is 6.54 Å². The zero-order valence-corrected chi connectivity index (χ0v) is 15.7. The van der Waals surface area contributed by atoms with Crippen molar-refractivity contribution in [2.75, 3.05) is 6.79 Å². The second-order valence-corrected chi connectivity index (χ2v) is 7.20. The van der Waals surface area contributed by atoms with Crippen LogP contribution < -0.4 is 14.2 Å². The van der Waals surface area contributed by atoms with Crippen molar-refractivity contribution in [1.29, 1.82) is 0 Å². The van der Waals surface area contributed by atoms with E-state index in [1.54, 1.807) is 39.0 Å². The lowest BCUT2D eigenvalue weighted by atomic mass is 10.0. The fraction of sp³-hybridized carbons (Fsp3) is 0.316. The van der Waals surface area contributed by atoms with Crippen molar-refractivity contribution in [3.8, 4) is 23.0 Å². The van der Waals surface area contributed by atoms with Crippen LogP contribution in [0, 0.1) is 10.1 Å². The zero-order chi connectivity index (χ0) is 20.5. The Balaban J connectivity index is 1.91. The molecule has 0 aromatic heterocycles. The summed E-state index contributed by atoms with van der Waals surface area (Å²) in [6, 6.07) is 9.30. The molecule has 1 aliphatic heterocycles. The number of ether oxygens (including phenoxy) is 3. The van der Waals surface area contributed by atoms with Gasteiger partial charge < -0.3 is 19.3 Å². The van der Waals surface area contributed by atoms with Gasteiger partial charge in [-0.15, -0.1) is 0 Å². The van der Waals surface area contributed by atoms with E-state index in [2.05, 4.69) is 0 Å². The second kappa shape index (κ2) is 7.26. The molecule has 9 heteroatoms. The molecule has 0 unspecified atom stereocenters. The van der Waals surface area contributed by atoms with E-state index in [1.807, 2.05) is 0 Å². The van der Waals surface area contributed by atoms with Gasteiger partial charge in [0.1, 0.15) is 11.5 Å². The molecule has 9 nitrogen and oxygen atoms in total. The summed E-state index contributed by atoms with van der Waals surface area (Å²) in [7, 11) is 0. The molecule has 28 heavy (non-hydrogen) atoms. The highest BCUT2D eigenvalue weighted by Gasteiger charge is 2.29. The van der Waals surface area contributed by atoms with Crippen molar-refractivity contribution < 1.29 is 29.0 Å². The van der Waals surface area contributed by atoms with Crippen LogP contribution in [0.2, 0.25) is 0 Å². The number of nitro benzene ring substituents is 1. The van der Waals surface area contributed by atoms with E-state index in [0.717, 1.165) is 4.90 Å². The Hall–Kier alpha value is -3.49. The van der Waals surface area contributed by atoms with Gasteiger partial charge in [-0.3, -0.25) is 15.0 Å². The fourth-order valence-corrected chi connectivity index (χ4v) is 2.77. The van der Waals surface area contributed by atoms with E-state index in [0.29, 0.717) is 23.0 Å². The predicted molar refractivity (Wildman–Crippen MR) is 99.1 cm³/mol. The summed E-state index contributed by atoms with van der Waals surface area (Å²) >= 11 is 0. The Kier molecular flexibility index (Phi) is 5.00. The summed E-state index contributed by atoms with van der Waals surface area (Å²) in [6.07, 6.45) is -1.16. The van der Waals surface area contributed by atoms with Gasteiger partial charge in [0.05, 0.1) is 17.0 Å². The summed E-state index contributed by atoms with van der Waals surface area (Å²) in [4.78, 5) is 23.6. The number of carboxylic acid groups (broad SMARTS) is 1. The average Bonchev–Trinajstić information content (AvgIpc) is 3.06. The molecule has 2 aromatic carbocycles. The van der Waals surface area contributed by atoms with Gasteiger partial charge in [0.15, 0.2) is 11.5 Å². The van der Waals surface area contributed by atoms with Gasteiger partial charge in [-0.1, -0.05) is 0 Å². The molecule has 0 saturated carbocycles. The minimum absolute atomic E-state index is 0.137. The zero-order valence-electron chi connectivity index (χ0n) is 15.7. The maximum Gasteiger partial charge on any atom is 0.408 e. The van der Waals surface area contributed by atoms with Crippen LogP contribution >= 0.6 is 0 Å². The van der Waals surface area contributed by atoms with Crippen molar-refractivity contribution in [2.24, 2.45) is 0 Å². The molecular formula is C19H20N2O7. The summed E-state index contributed by atoms with van der Waals surface area (Å²) in [5.41, 5.74) is -0.664. The molecular weight excluding hydrogens is 368 g/mol. The molecule has 2 aromatic rings. The van der Waals surface area contributed by atoms with Gasteiger partial charge in [0, 0.05) is 17.7 Å². The molecule has 3 rings (SSSR count). The number of benzene rings is 2. The molecule has 1 heterocycles. The van der Waals surface area contributed by atoms with Crippen molar-refractivity contribution in [3.63, 3.8) is 0 Å². The lowest BCUT2D eigenvalue weighted by Crippen LogP contribution is -2.44. The number of carbonyl (C=O) groups is 1. The van der Waals surface area contributed by atoms with Gasteiger partial charge in [0.25, 0.3) is 5.69 Å². The van der Waals surface area contributed by atoms with Crippen LogP contribution in [-0.4, -0.2) is 33.4 Å². The highest BCUT2D eigenvalue weighted by atomic mass is 16.7. The van der Waals surface area contributed by atoms with Crippen molar-refractivity contribution >= 4 is 11.8 Å². The third kappa shape index (κ3) is 4.08. The normalized spacial score (nSPS) is 12.5. The molecule has 0 radical (unpaired) electrons. The number of hydrogen-bond acceptors (Lipinski definition) is 6. The van der Waals surface area contributed by atoms with Crippen LogP contribution in [0.4, 0.5) is 10.5 Å². The van der Waals surface area contributed by atoms with Crippen LogP contribution in [0.1, 0.15) is 26.3 Å². The van der Waals surface area contributed by atoms with Crippen molar-refractivity contribution in [3.05, 3.63) is 52.1 Å². The number of amides is 1. The van der Waals surface area contributed by atoms with Gasteiger partial charge >= 0.3 is 6.09 Å². The molecule has 1 aliphatic rings. The Morgan fingerprint density at radius 3 is 2.46 bits per heavy atom. The van der Waals surface area contributed by atoms with Gasteiger partial charge in [-0.2, -0.15) is 0 Å². The Morgan fingerprint density at radius 2 is 1.82 bits per heavy atom. The van der Waals surface area contributed by atoms with Crippen molar-refractivity contribution in [1.82, 2.24) is 4.90 Å². The lowest BCUT2D eigenvalue weighted by molar-refractivity contribution is -0.385. The van der Waals surface area contributed by atoms with Gasteiger partial charge in [0.2, 0.25) is 6.79 Å². The first kappa shape index (κ1) is 19.3. The Morgan fingerprint density at radius 1 is 1.18 bits per heavy atom. The van der Waals surface area contributed by atoms with E-state index in [1.165, 1.54) is 18.2 Å². The SMILES string of the molecule is CC(C)(C)N(Cc1cc(Oc2ccc3c(c2)OCO3)ccc1[N+](=O)[O-])C(=O)O. The number of rotatable bonds is 5. The summed E-state index contributed by atoms with van der Waals surface area (Å²) in [6.45, 7) is 5.16. The second-order valence-electron chi connectivity index (χ2n) is 7.20. The topological polar surface area (TPSA) is 111 Å². The fourth-order valence-electron chi connectivity index (χ4n) is 2.77. The smallest absolute Gasteiger partial charge is 0.408 e. The molecule has 0 spiro atoms. The molecule has 1 amide bonds. The van der Waals surface area contributed by atoms with Crippen molar-refractivity contribution in [2.45, 2.75) is 32.9 Å². The standard InChI is InChI=1S/C19H20N2O7/c1-19(2,3)20(18(22)23)10-12-8-13(4-6-15(12)21(24)25)28-14-5-7-16-17(9-14)27-11-26-16/h4-9H,10-11H2,1-3H3,(H,22,23). The van der Waals surface area contributed by atoms with E-state index in [-0.39, 0.29) is 24.6 Å². The first-order valence-corrected chi connectivity index (χ1v) is 8.50. The molecule has 0 atom stereocenters. The lowest BCUT2D eigenvalue weighted by Gasteiger charge is -2.33. The highest BCUT2D eigenvalue weighted by Crippen LogP contribution is 2.37. The van der Waals surface area contributed by atoms with E-state index < -0.39 is 16.6 Å². The largest absolute Gasteiger partial charge is 0.465 e. The van der Waals surface area contributed by atoms with E-state index in [9.17, 15) is 20.0 Å². The Labute approximate surface area is 161 Å². The predicted octanol–water partition coefficient (Wildman–Crippen LogP) is 4.39. The molecule has 0 bridgehead atoms. The maximum atomic E-state index is 11.6. The number of fused-ring (bicyclic) bond motifs is 1. The van der Waals surface area contributed by atoms with Gasteiger partial charge in [-0.25, -0.2) is 4.79 Å². The number of nitro groups is 1. The van der Waals surface area contributed by atoms with E-state index >= 15 is 0 Å². The quantitative estimate of drug-likeness (QED) is 0.597. The monoisotopic (exact) mass is 388 g/mol. The first-order chi connectivity index (χ1) is 13.1. The minimum atomic E-state index is -1.16. The van der Waals surface area contributed by atoms with Crippen LogP contribution in [0.5, 0.6) is 23.0 Å². The number of nitrogens with zero attached hydrogens (tertiary/aromatic N) is 2. The maximum absolute atomic E-state index is 11.6.